The lowest BCUT2D eigenvalue weighted by molar-refractivity contribution is -0.141. The molecule has 7 nitrogen and oxygen atoms in total. The van der Waals surface area contributed by atoms with Gasteiger partial charge < -0.3 is 21.5 Å². The number of halogens is 3. The molecule has 0 aromatic carbocycles. The van der Waals surface area contributed by atoms with Crippen molar-refractivity contribution in [3.8, 4) is 0 Å². The number of aliphatic imine (C=N–C) groups is 1. The lowest BCUT2D eigenvalue weighted by Gasteiger charge is -2.39. The number of amides is 1. The molecule has 1 aliphatic rings. The molecule has 5 N–H and O–H groups in total. The number of hydrogen-bond acceptors (Lipinski definition) is 6. The Kier molecular flexibility index (Phi) is 7.83. The van der Waals surface area contributed by atoms with Crippen molar-refractivity contribution < 1.29 is 23.1 Å². The maximum Gasteiger partial charge on any atom is 0.433 e. The maximum atomic E-state index is 13.2. The van der Waals surface area contributed by atoms with Crippen LogP contribution in [0.4, 0.5) is 18.9 Å². The van der Waals surface area contributed by atoms with Crippen molar-refractivity contribution in [1.29, 1.82) is 0 Å². The number of nitrogens with zero attached hydrogens (tertiary/aromatic N) is 3. The minimum atomic E-state index is -4.64. The number of aliphatic hydroxyl groups is 1. The Morgan fingerprint density at radius 3 is 2.63 bits per heavy atom. The molecular weight excluding hydrogens is 399 g/mol. The first-order valence-electron chi connectivity index (χ1n) is 9.92. The number of carbonyl (C=O) groups excluding carboxylic acids is 1. The van der Waals surface area contributed by atoms with E-state index >= 15 is 0 Å². The lowest BCUT2D eigenvalue weighted by atomic mass is 9.88. The molecule has 1 fully saturated rings. The van der Waals surface area contributed by atoms with Crippen molar-refractivity contribution in [3.05, 3.63) is 34.8 Å². The fourth-order valence-electron chi connectivity index (χ4n) is 3.64. The average Bonchev–Trinajstić information content (AvgIpc) is 2.70. The molecule has 1 aromatic rings. The summed E-state index contributed by atoms with van der Waals surface area (Å²) in [6.07, 6.45) is -1.37. The summed E-state index contributed by atoms with van der Waals surface area (Å²) < 4.78 is 38.6. The smallest absolute Gasteiger partial charge is 0.402 e. The summed E-state index contributed by atoms with van der Waals surface area (Å²) in [6.45, 7) is 4.33. The number of aliphatic hydroxyl groups excluding tert-OH is 1. The zero-order valence-corrected chi connectivity index (χ0v) is 17.2. The van der Waals surface area contributed by atoms with E-state index in [1.807, 2.05) is 13.8 Å². The molecule has 1 saturated heterocycles. The van der Waals surface area contributed by atoms with E-state index in [2.05, 4.69) is 9.98 Å². The van der Waals surface area contributed by atoms with Gasteiger partial charge in [0.2, 0.25) is 0 Å². The summed E-state index contributed by atoms with van der Waals surface area (Å²) in [4.78, 5) is 22.6. The normalized spacial score (nSPS) is 20.5. The topological polar surface area (TPSA) is 118 Å². The quantitative estimate of drug-likeness (QED) is 0.645. The highest BCUT2D eigenvalue weighted by Crippen LogP contribution is 2.32. The highest BCUT2D eigenvalue weighted by molar-refractivity contribution is 6.06. The summed E-state index contributed by atoms with van der Waals surface area (Å²) in [5, 5.41) is 9.13. The molecule has 0 spiro atoms. The van der Waals surface area contributed by atoms with Gasteiger partial charge in [0.05, 0.1) is 24.8 Å². The molecule has 1 amide bonds. The predicted molar refractivity (Wildman–Crippen MR) is 109 cm³/mol. The maximum absolute atomic E-state index is 13.2. The third-order valence-corrected chi connectivity index (χ3v) is 4.98. The summed E-state index contributed by atoms with van der Waals surface area (Å²) in [5.41, 5.74) is 12.7. The Hall–Kier alpha value is -2.62. The van der Waals surface area contributed by atoms with Gasteiger partial charge in [-0.05, 0) is 18.9 Å². The molecule has 30 heavy (non-hydrogen) atoms. The molecule has 2 heterocycles. The largest absolute Gasteiger partial charge is 0.433 e. The second kappa shape index (κ2) is 9.92. The fourth-order valence-corrected chi connectivity index (χ4v) is 3.64. The van der Waals surface area contributed by atoms with E-state index in [0.29, 0.717) is 37.6 Å². The van der Waals surface area contributed by atoms with Gasteiger partial charge in [-0.15, -0.1) is 0 Å². The highest BCUT2D eigenvalue weighted by atomic mass is 19.4. The number of allylic oxidation sites excluding steroid dienone is 1. The second-order valence-corrected chi connectivity index (χ2v) is 7.07. The van der Waals surface area contributed by atoms with Crippen LogP contribution in [0.1, 0.15) is 55.6 Å². The van der Waals surface area contributed by atoms with Crippen LogP contribution < -0.4 is 11.5 Å². The molecule has 0 bridgehead atoms. The van der Waals surface area contributed by atoms with Crippen LogP contribution in [-0.4, -0.2) is 52.3 Å². The van der Waals surface area contributed by atoms with Crippen LogP contribution in [0.5, 0.6) is 0 Å². The number of anilines is 1. The summed E-state index contributed by atoms with van der Waals surface area (Å²) in [7, 11) is 0. The molecule has 1 aliphatic heterocycles. The van der Waals surface area contributed by atoms with Crippen LogP contribution >= 0.6 is 0 Å². The number of nitrogen functional groups attached to an aromatic ring is 1. The van der Waals surface area contributed by atoms with Crippen molar-refractivity contribution in [1.82, 2.24) is 9.88 Å². The van der Waals surface area contributed by atoms with Gasteiger partial charge in [-0.1, -0.05) is 20.3 Å². The zero-order chi connectivity index (χ0) is 22.5. The van der Waals surface area contributed by atoms with E-state index in [1.54, 1.807) is 4.90 Å². The van der Waals surface area contributed by atoms with E-state index in [1.165, 1.54) is 0 Å². The number of nitrogens with two attached hydrogens (primary N) is 2. The number of rotatable bonds is 6. The Bertz CT molecular complexity index is 836. The lowest BCUT2D eigenvalue weighted by Crippen LogP contribution is -2.49. The summed E-state index contributed by atoms with van der Waals surface area (Å²) in [6, 6.07) is 0.283. The molecule has 1 aromatic heterocycles. The molecule has 166 valence electrons. The van der Waals surface area contributed by atoms with E-state index in [4.69, 9.17) is 16.6 Å². The second-order valence-electron chi connectivity index (χ2n) is 7.07. The van der Waals surface area contributed by atoms with Gasteiger partial charge in [0.15, 0.2) is 0 Å². The van der Waals surface area contributed by atoms with Crippen molar-refractivity contribution in [2.45, 2.75) is 51.7 Å². The Balaban J connectivity index is 2.44. The number of piperidine rings is 1. The molecule has 1 unspecified atom stereocenters. The standard InChI is InChI=1S/C20H28F3N5O2/c1-3-5-13(24)18-15(26-7-9-29)6-8-28(16(18)4-2)19(30)12-11-27-17(10-14(12)25)20(21,22)23/h10-11,16,29H,3-9,24H2,1-2H3,(H2,25,27)/b18-13+,26-15?. The van der Waals surface area contributed by atoms with Crippen molar-refractivity contribution in [2.24, 2.45) is 10.7 Å². The first-order valence-corrected chi connectivity index (χ1v) is 9.92. The van der Waals surface area contributed by atoms with Crippen LogP contribution in [0.25, 0.3) is 0 Å². The van der Waals surface area contributed by atoms with E-state index < -0.39 is 23.8 Å². The molecule has 0 saturated carbocycles. The van der Waals surface area contributed by atoms with Crippen LogP contribution in [0.15, 0.2) is 28.5 Å². The van der Waals surface area contributed by atoms with Crippen LogP contribution in [-0.2, 0) is 6.18 Å². The van der Waals surface area contributed by atoms with Gasteiger partial charge in [0, 0.05) is 41.8 Å². The number of hydrogen-bond donors (Lipinski definition) is 3. The van der Waals surface area contributed by atoms with Crippen molar-refractivity contribution in [2.75, 3.05) is 25.4 Å². The van der Waals surface area contributed by atoms with Gasteiger partial charge in [0.25, 0.3) is 5.91 Å². The van der Waals surface area contributed by atoms with Gasteiger partial charge in [-0.3, -0.25) is 14.8 Å². The minimum absolute atomic E-state index is 0.0781. The molecule has 2 rings (SSSR count). The minimum Gasteiger partial charge on any atom is -0.402 e. The molecule has 0 aliphatic carbocycles. The Labute approximate surface area is 173 Å². The summed E-state index contributed by atoms with van der Waals surface area (Å²) in [5.74, 6) is -0.497. The van der Waals surface area contributed by atoms with Crippen LogP contribution in [0.2, 0.25) is 0 Å². The Morgan fingerprint density at radius 1 is 1.40 bits per heavy atom. The van der Waals surface area contributed by atoms with E-state index in [0.717, 1.165) is 23.9 Å². The average molecular weight is 427 g/mol. The molecule has 0 radical (unpaired) electrons. The van der Waals surface area contributed by atoms with E-state index in [-0.39, 0.29) is 24.4 Å². The number of likely N-dealkylation sites (tertiary alicyclic amines) is 1. The number of pyridine rings is 1. The van der Waals surface area contributed by atoms with Gasteiger partial charge >= 0.3 is 6.18 Å². The highest BCUT2D eigenvalue weighted by Gasteiger charge is 2.37. The first kappa shape index (κ1) is 23.7. The molecule has 10 heteroatoms. The number of aromatic nitrogens is 1. The third-order valence-electron chi connectivity index (χ3n) is 4.98. The molecular formula is C20H28F3N5O2. The van der Waals surface area contributed by atoms with Gasteiger partial charge in [-0.2, -0.15) is 13.2 Å². The van der Waals surface area contributed by atoms with E-state index in [9.17, 15) is 18.0 Å². The zero-order valence-electron chi connectivity index (χ0n) is 17.2. The van der Waals surface area contributed by atoms with Crippen molar-refractivity contribution in [3.63, 3.8) is 0 Å². The monoisotopic (exact) mass is 427 g/mol. The van der Waals surface area contributed by atoms with Crippen molar-refractivity contribution >= 4 is 17.3 Å². The predicted octanol–water partition coefficient (Wildman–Crippen LogP) is 2.75. The Morgan fingerprint density at radius 2 is 2.10 bits per heavy atom. The fraction of sp³-hybridized carbons (Fsp3) is 0.550. The van der Waals surface area contributed by atoms with Crippen LogP contribution in [0, 0.1) is 0 Å². The number of carbonyl (C=O) groups is 1. The summed E-state index contributed by atoms with van der Waals surface area (Å²) >= 11 is 0. The van der Waals surface area contributed by atoms with Crippen LogP contribution in [0.3, 0.4) is 0 Å². The first-order chi connectivity index (χ1) is 14.1. The van der Waals surface area contributed by atoms with Gasteiger partial charge in [-0.25, -0.2) is 0 Å². The SMILES string of the molecule is CCC/C(N)=C1/C(=NCCO)CCN(C(=O)c2cnc(C(F)(F)F)cc2N)C1CC. The number of alkyl halides is 3. The van der Waals surface area contributed by atoms with Gasteiger partial charge in [0.1, 0.15) is 5.69 Å². The molecule has 1 atom stereocenters. The third kappa shape index (κ3) is 5.10.